The number of aryl methyl sites for hydroxylation is 1. The molecule has 0 saturated heterocycles. The Morgan fingerprint density at radius 3 is 2.65 bits per heavy atom. The van der Waals surface area contributed by atoms with Crippen LogP contribution in [0.4, 0.5) is 0 Å². The smallest absolute Gasteiger partial charge is 0.251 e. The number of nitrogens with zero attached hydrogens (tertiary/aromatic N) is 2. The number of carbonyl (C=O) groups is 1. The summed E-state index contributed by atoms with van der Waals surface area (Å²) in [6.45, 7) is 4.23. The molecular weight excluding hydrogens is 330 g/mol. The van der Waals surface area contributed by atoms with E-state index in [-0.39, 0.29) is 12.0 Å². The Bertz CT molecular complexity index is 931. The molecular formula is C20H23N3O3. The molecule has 0 spiro atoms. The van der Waals surface area contributed by atoms with Gasteiger partial charge >= 0.3 is 0 Å². The SMILES string of the molecule is COc1cc(C(=O)NCc2nc3ccccc3n2C)ccc1OC(C)C. The van der Waals surface area contributed by atoms with Gasteiger partial charge in [0.25, 0.3) is 5.91 Å². The van der Waals surface area contributed by atoms with E-state index in [1.54, 1.807) is 25.3 Å². The van der Waals surface area contributed by atoms with Gasteiger partial charge in [0.1, 0.15) is 5.82 Å². The van der Waals surface area contributed by atoms with Crippen LogP contribution in [0.2, 0.25) is 0 Å². The fourth-order valence-electron chi connectivity index (χ4n) is 2.78. The van der Waals surface area contributed by atoms with Crippen LogP contribution >= 0.6 is 0 Å². The molecule has 1 amide bonds. The molecule has 26 heavy (non-hydrogen) atoms. The molecule has 0 saturated carbocycles. The summed E-state index contributed by atoms with van der Waals surface area (Å²) < 4.78 is 13.0. The fourth-order valence-corrected chi connectivity index (χ4v) is 2.78. The average Bonchev–Trinajstić information content (AvgIpc) is 2.96. The second-order valence-electron chi connectivity index (χ2n) is 6.29. The maximum absolute atomic E-state index is 12.5. The lowest BCUT2D eigenvalue weighted by Crippen LogP contribution is -2.24. The Hall–Kier alpha value is -3.02. The number of benzene rings is 2. The number of fused-ring (bicyclic) bond motifs is 1. The molecule has 2 aromatic carbocycles. The Balaban J connectivity index is 1.74. The molecule has 3 aromatic rings. The zero-order valence-corrected chi connectivity index (χ0v) is 15.4. The number of hydrogen-bond acceptors (Lipinski definition) is 4. The largest absolute Gasteiger partial charge is 0.493 e. The summed E-state index contributed by atoms with van der Waals surface area (Å²) in [6.07, 6.45) is 0.0288. The Kier molecular flexibility index (Phi) is 5.11. The number of para-hydroxylation sites is 2. The van der Waals surface area contributed by atoms with Crippen LogP contribution in [0.5, 0.6) is 11.5 Å². The zero-order valence-electron chi connectivity index (χ0n) is 15.4. The van der Waals surface area contributed by atoms with E-state index in [0.29, 0.717) is 23.6 Å². The van der Waals surface area contributed by atoms with Crippen LogP contribution in [-0.4, -0.2) is 28.7 Å². The summed E-state index contributed by atoms with van der Waals surface area (Å²) in [7, 11) is 3.50. The lowest BCUT2D eigenvalue weighted by Gasteiger charge is -2.14. The Morgan fingerprint density at radius 1 is 1.19 bits per heavy atom. The molecule has 0 aliphatic heterocycles. The van der Waals surface area contributed by atoms with E-state index in [1.807, 2.05) is 49.7 Å². The minimum atomic E-state index is -0.188. The van der Waals surface area contributed by atoms with Crippen molar-refractivity contribution in [1.29, 1.82) is 0 Å². The molecule has 0 atom stereocenters. The van der Waals surface area contributed by atoms with Crippen molar-refractivity contribution in [3.05, 3.63) is 53.9 Å². The number of amides is 1. The lowest BCUT2D eigenvalue weighted by molar-refractivity contribution is 0.0949. The molecule has 1 heterocycles. The van der Waals surface area contributed by atoms with Crippen LogP contribution in [-0.2, 0) is 13.6 Å². The first-order valence-corrected chi connectivity index (χ1v) is 8.53. The quantitative estimate of drug-likeness (QED) is 0.738. The predicted molar refractivity (Wildman–Crippen MR) is 101 cm³/mol. The number of hydrogen-bond donors (Lipinski definition) is 1. The second-order valence-corrected chi connectivity index (χ2v) is 6.29. The Labute approximate surface area is 152 Å². The first kappa shape index (κ1) is 17.8. The van der Waals surface area contributed by atoms with Crippen molar-refractivity contribution in [3.63, 3.8) is 0 Å². The van der Waals surface area contributed by atoms with E-state index < -0.39 is 0 Å². The average molecular weight is 353 g/mol. The molecule has 0 bridgehead atoms. The normalized spacial score (nSPS) is 11.0. The molecule has 0 radical (unpaired) electrons. The molecule has 0 aliphatic rings. The number of carbonyl (C=O) groups excluding carboxylic acids is 1. The van der Waals surface area contributed by atoms with Gasteiger partial charge in [0.2, 0.25) is 0 Å². The van der Waals surface area contributed by atoms with Gasteiger partial charge in [-0.15, -0.1) is 0 Å². The van der Waals surface area contributed by atoms with E-state index in [0.717, 1.165) is 16.9 Å². The Morgan fingerprint density at radius 2 is 1.96 bits per heavy atom. The molecule has 1 aromatic heterocycles. The van der Waals surface area contributed by atoms with Gasteiger partial charge in [-0.2, -0.15) is 0 Å². The van der Waals surface area contributed by atoms with Crippen LogP contribution in [0.1, 0.15) is 30.0 Å². The third-order valence-corrected chi connectivity index (χ3v) is 4.08. The van der Waals surface area contributed by atoms with Gasteiger partial charge in [0.05, 0.1) is 30.8 Å². The minimum Gasteiger partial charge on any atom is -0.493 e. The molecule has 3 rings (SSSR count). The highest BCUT2D eigenvalue weighted by Crippen LogP contribution is 2.29. The van der Waals surface area contributed by atoms with Crippen molar-refractivity contribution in [2.45, 2.75) is 26.5 Å². The number of imidazole rings is 1. The highest BCUT2D eigenvalue weighted by atomic mass is 16.5. The first-order chi connectivity index (χ1) is 12.5. The third kappa shape index (κ3) is 3.64. The minimum absolute atomic E-state index is 0.0288. The highest BCUT2D eigenvalue weighted by Gasteiger charge is 2.13. The van der Waals surface area contributed by atoms with Crippen molar-refractivity contribution in [3.8, 4) is 11.5 Å². The van der Waals surface area contributed by atoms with Gasteiger partial charge in [-0.3, -0.25) is 4.79 Å². The van der Waals surface area contributed by atoms with Gasteiger partial charge < -0.3 is 19.4 Å². The van der Waals surface area contributed by atoms with Gasteiger partial charge in [0.15, 0.2) is 11.5 Å². The second kappa shape index (κ2) is 7.47. The van der Waals surface area contributed by atoms with E-state index in [4.69, 9.17) is 9.47 Å². The third-order valence-electron chi connectivity index (χ3n) is 4.08. The van der Waals surface area contributed by atoms with Crippen molar-refractivity contribution in [2.75, 3.05) is 7.11 Å². The predicted octanol–water partition coefficient (Wildman–Crippen LogP) is 3.30. The number of nitrogens with one attached hydrogen (secondary N) is 1. The van der Waals surface area contributed by atoms with Crippen LogP contribution in [0.25, 0.3) is 11.0 Å². The van der Waals surface area contributed by atoms with Gasteiger partial charge in [-0.25, -0.2) is 4.98 Å². The zero-order chi connectivity index (χ0) is 18.7. The van der Waals surface area contributed by atoms with Crippen LogP contribution < -0.4 is 14.8 Å². The fraction of sp³-hybridized carbons (Fsp3) is 0.300. The van der Waals surface area contributed by atoms with Crippen molar-refractivity contribution in [1.82, 2.24) is 14.9 Å². The van der Waals surface area contributed by atoms with Crippen LogP contribution in [0.15, 0.2) is 42.5 Å². The molecule has 136 valence electrons. The molecule has 6 heteroatoms. The number of ether oxygens (including phenoxy) is 2. The van der Waals surface area contributed by atoms with Crippen LogP contribution in [0, 0.1) is 0 Å². The number of aromatic nitrogens is 2. The summed E-state index contributed by atoms with van der Waals surface area (Å²) in [4.78, 5) is 17.1. The van der Waals surface area contributed by atoms with Gasteiger partial charge in [-0.1, -0.05) is 12.1 Å². The molecule has 0 fully saturated rings. The summed E-state index contributed by atoms with van der Waals surface area (Å²) in [5.74, 6) is 1.77. The van der Waals surface area contributed by atoms with Gasteiger partial charge in [-0.05, 0) is 44.2 Å². The standard InChI is InChI=1S/C20H23N3O3/c1-13(2)26-17-10-9-14(11-18(17)25-4)20(24)21-12-19-22-15-7-5-6-8-16(15)23(19)3/h5-11,13H,12H2,1-4H3,(H,21,24). The van der Waals surface area contributed by atoms with E-state index >= 15 is 0 Å². The van der Waals surface area contributed by atoms with Crippen molar-refractivity contribution in [2.24, 2.45) is 7.05 Å². The maximum atomic E-state index is 12.5. The highest BCUT2D eigenvalue weighted by molar-refractivity contribution is 5.94. The molecule has 6 nitrogen and oxygen atoms in total. The summed E-state index contributed by atoms with van der Waals surface area (Å²) in [5, 5.41) is 2.91. The number of methoxy groups -OCH3 is 1. The molecule has 0 unspecified atom stereocenters. The van der Waals surface area contributed by atoms with Crippen molar-refractivity contribution >= 4 is 16.9 Å². The van der Waals surface area contributed by atoms with E-state index in [2.05, 4.69) is 10.3 Å². The summed E-state index contributed by atoms with van der Waals surface area (Å²) in [6, 6.07) is 13.0. The van der Waals surface area contributed by atoms with Crippen molar-refractivity contribution < 1.29 is 14.3 Å². The lowest BCUT2D eigenvalue weighted by atomic mass is 10.2. The molecule has 0 aliphatic carbocycles. The summed E-state index contributed by atoms with van der Waals surface area (Å²) >= 11 is 0. The maximum Gasteiger partial charge on any atom is 0.251 e. The topological polar surface area (TPSA) is 65.4 Å². The number of rotatable bonds is 6. The van der Waals surface area contributed by atoms with E-state index in [9.17, 15) is 4.79 Å². The van der Waals surface area contributed by atoms with E-state index in [1.165, 1.54) is 0 Å². The van der Waals surface area contributed by atoms with Crippen LogP contribution in [0.3, 0.4) is 0 Å². The first-order valence-electron chi connectivity index (χ1n) is 8.53. The summed E-state index contributed by atoms with van der Waals surface area (Å²) in [5.41, 5.74) is 2.46. The monoisotopic (exact) mass is 353 g/mol. The van der Waals surface area contributed by atoms with Gasteiger partial charge in [0, 0.05) is 12.6 Å². The molecule has 1 N–H and O–H groups in total.